The predicted molar refractivity (Wildman–Crippen MR) is 189 cm³/mol. The van der Waals surface area contributed by atoms with Crippen LogP contribution in [0.15, 0.2) is 73.8 Å². The van der Waals surface area contributed by atoms with Crippen molar-refractivity contribution < 1.29 is 29.0 Å². The van der Waals surface area contributed by atoms with E-state index in [1.807, 2.05) is 62.4 Å². The van der Waals surface area contributed by atoms with Crippen molar-refractivity contribution in [2.24, 2.45) is 11.8 Å². The van der Waals surface area contributed by atoms with Crippen LogP contribution in [0.25, 0.3) is 11.0 Å². The van der Waals surface area contributed by atoms with E-state index in [2.05, 4.69) is 23.5 Å². The van der Waals surface area contributed by atoms with Crippen molar-refractivity contribution in [3.8, 4) is 5.75 Å². The molecule has 3 aliphatic rings. The molecule has 4 heterocycles. The molecular weight excluding hydrogens is 636 g/mol. The van der Waals surface area contributed by atoms with Crippen molar-refractivity contribution in [3.63, 3.8) is 0 Å². The molecule has 3 fully saturated rings. The first-order chi connectivity index (χ1) is 24.3. The van der Waals surface area contributed by atoms with Crippen molar-refractivity contribution in [1.82, 2.24) is 24.8 Å². The molecule has 3 aliphatic heterocycles. The fraction of sp³-hybridized carbons (Fsp3) is 0.500. The summed E-state index contributed by atoms with van der Waals surface area (Å²) >= 11 is 0. The number of aliphatic hydroxyl groups excluding tert-OH is 1. The molecule has 3 amide bonds. The number of likely N-dealkylation sites (tertiary alicyclic amines) is 1. The van der Waals surface area contributed by atoms with E-state index >= 15 is 0 Å². The summed E-state index contributed by atoms with van der Waals surface area (Å²) in [6.07, 6.45) is 6.74. The number of hydrogen-bond acceptors (Lipinski definition) is 8. The van der Waals surface area contributed by atoms with Gasteiger partial charge in [-0.2, -0.15) is 0 Å². The zero-order valence-corrected chi connectivity index (χ0v) is 29.1. The van der Waals surface area contributed by atoms with E-state index in [0.29, 0.717) is 68.6 Å². The number of benzene rings is 2. The monoisotopic (exact) mass is 684 g/mol. The van der Waals surface area contributed by atoms with Crippen molar-refractivity contribution >= 4 is 34.4 Å². The van der Waals surface area contributed by atoms with Crippen molar-refractivity contribution in [3.05, 3.63) is 73.8 Å². The van der Waals surface area contributed by atoms with E-state index in [1.54, 1.807) is 31.5 Å². The van der Waals surface area contributed by atoms with Gasteiger partial charge in [-0.1, -0.05) is 36.4 Å². The normalized spacial score (nSPS) is 25.1. The Kier molecular flexibility index (Phi) is 10.4. The minimum absolute atomic E-state index is 0.0469. The molecule has 12 heteroatoms. The summed E-state index contributed by atoms with van der Waals surface area (Å²) in [5.74, 6) is -1.69. The number of unbranched alkanes of at least 4 members (excludes halogenated alkanes) is 2. The number of fused-ring (bicyclic) bond motifs is 2. The lowest BCUT2D eigenvalue weighted by atomic mass is 9.64. The van der Waals surface area contributed by atoms with Crippen LogP contribution in [0.5, 0.6) is 5.75 Å². The second-order valence-electron chi connectivity index (χ2n) is 13.4. The summed E-state index contributed by atoms with van der Waals surface area (Å²) in [6.45, 7) is 13.2. The lowest BCUT2D eigenvalue weighted by molar-refractivity contribution is -0.153. The Labute approximate surface area is 293 Å². The summed E-state index contributed by atoms with van der Waals surface area (Å²) in [6, 6.07) is 13.9. The van der Waals surface area contributed by atoms with Gasteiger partial charge in [0.05, 0.1) is 29.6 Å². The largest absolute Gasteiger partial charge is 0.494 e. The Balaban J connectivity index is 1.39. The van der Waals surface area contributed by atoms with Gasteiger partial charge in [-0.3, -0.25) is 14.4 Å². The van der Waals surface area contributed by atoms with Crippen molar-refractivity contribution in [2.45, 2.75) is 76.3 Å². The molecule has 266 valence electrons. The van der Waals surface area contributed by atoms with Crippen LogP contribution in [0.2, 0.25) is 0 Å². The maximum absolute atomic E-state index is 15.0. The highest BCUT2D eigenvalue weighted by Gasteiger charge is 2.79. The second kappa shape index (κ2) is 14.7. The van der Waals surface area contributed by atoms with Gasteiger partial charge in [0.1, 0.15) is 29.6 Å². The number of nitrogens with zero attached hydrogens (tertiary/aromatic N) is 6. The zero-order valence-electron chi connectivity index (χ0n) is 29.1. The van der Waals surface area contributed by atoms with Gasteiger partial charge < -0.3 is 29.3 Å². The van der Waals surface area contributed by atoms with Crippen LogP contribution in [0.4, 0.5) is 5.69 Å². The minimum Gasteiger partial charge on any atom is -0.494 e. The average molecular weight is 685 g/mol. The van der Waals surface area contributed by atoms with Crippen LogP contribution in [0.3, 0.4) is 0 Å². The van der Waals surface area contributed by atoms with E-state index in [4.69, 9.17) is 9.47 Å². The molecule has 1 N–H and O–H groups in total. The van der Waals surface area contributed by atoms with Crippen LogP contribution < -0.4 is 9.64 Å². The summed E-state index contributed by atoms with van der Waals surface area (Å²) in [5.41, 5.74) is 0.0508. The van der Waals surface area contributed by atoms with E-state index in [-0.39, 0.29) is 44.1 Å². The number of aromatic nitrogens is 3. The third kappa shape index (κ3) is 5.98. The molecule has 3 aromatic rings. The molecule has 0 saturated carbocycles. The minimum atomic E-state index is -1.19. The molecule has 1 aromatic heterocycles. The molecule has 2 bridgehead atoms. The van der Waals surface area contributed by atoms with Crippen LogP contribution in [-0.4, -0.2) is 97.7 Å². The number of hydrogen-bond donors (Lipinski definition) is 1. The van der Waals surface area contributed by atoms with Gasteiger partial charge in [-0.15, -0.1) is 18.3 Å². The fourth-order valence-corrected chi connectivity index (χ4v) is 8.42. The molecule has 12 nitrogen and oxygen atoms in total. The standard InChI is InChI=1S/C38H48N6O6/c1-5-22-41(26-44-30-15-11-10-14-29(30)39-40-44)36(48)33-38-21-20-37(7-3,50-38)31(32(38)35(47)43(33)24-12-9-13-25-45)34(46)42(23-6-2)27-16-18-28(19-17-27)49-8-4/h5-6,10-11,14-19,31-33,45H,1-2,7-9,12-13,20-26H2,3-4H3/t31-,32+,33?,37+,38?/m1/s1. The first kappa shape index (κ1) is 35.3. The van der Waals surface area contributed by atoms with E-state index in [0.717, 1.165) is 5.52 Å². The molecule has 6 rings (SSSR count). The topological polar surface area (TPSA) is 130 Å². The second-order valence-corrected chi connectivity index (χ2v) is 13.4. The molecule has 2 aromatic carbocycles. The van der Waals surface area contributed by atoms with Gasteiger partial charge in [0.2, 0.25) is 17.7 Å². The molecule has 0 aliphatic carbocycles. The van der Waals surface area contributed by atoms with Gasteiger partial charge in [0, 0.05) is 31.9 Å². The summed E-state index contributed by atoms with van der Waals surface area (Å²) < 4.78 is 14.4. The summed E-state index contributed by atoms with van der Waals surface area (Å²) in [4.78, 5) is 49.6. The highest BCUT2D eigenvalue weighted by atomic mass is 16.5. The maximum Gasteiger partial charge on any atom is 0.250 e. The first-order valence-corrected chi connectivity index (χ1v) is 17.7. The van der Waals surface area contributed by atoms with Gasteiger partial charge in [0.15, 0.2) is 0 Å². The van der Waals surface area contributed by atoms with Crippen LogP contribution >= 0.6 is 0 Å². The third-order valence-corrected chi connectivity index (χ3v) is 10.7. The highest BCUT2D eigenvalue weighted by Crippen LogP contribution is 2.64. The van der Waals surface area contributed by atoms with Gasteiger partial charge in [-0.25, -0.2) is 4.68 Å². The van der Waals surface area contributed by atoms with Crippen LogP contribution in [0.1, 0.15) is 52.4 Å². The number of anilines is 1. The quantitative estimate of drug-likeness (QED) is 0.164. The smallest absolute Gasteiger partial charge is 0.250 e. The first-order valence-electron chi connectivity index (χ1n) is 17.7. The number of amides is 3. The average Bonchev–Trinajstić information content (AvgIpc) is 3.86. The number of carbonyl (C=O) groups excluding carboxylic acids is 3. The number of para-hydroxylation sites is 1. The lowest BCUT2D eigenvalue weighted by Crippen LogP contribution is -2.56. The number of aliphatic hydroxyl groups is 1. The lowest BCUT2D eigenvalue weighted by Gasteiger charge is -2.37. The Morgan fingerprint density at radius 2 is 1.80 bits per heavy atom. The Hall–Kier alpha value is -4.55. The number of carbonyl (C=O) groups is 3. The predicted octanol–water partition coefficient (Wildman–Crippen LogP) is 4.34. The molecule has 2 unspecified atom stereocenters. The fourth-order valence-electron chi connectivity index (χ4n) is 8.42. The van der Waals surface area contributed by atoms with Crippen LogP contribution in [0, 0.1) is 11.8 Å². The third-order valence-electron chi connectivity index (χ3n) is 10.7. The molecule has 1 spiro atoms. The van der Waals surface area contributed by atoms with Gasteiger partial charge in [-0.05, 0) is 81.8 Å². The van der Waals surface area contributed by atoms with Gasteiger partial charge in [0.25, 0.3) is 0 Å². The Morgan fingerprint density at radius 1 is 1.04 bits per heavy atom. The number of ether oxygens (including phenoxy) is 2. The zero-order chi connectivity index (χ0) is 35.5. The van der Waals surface area contributed by atoms with Crippen molar-refractivity contribution in [2.75, 3.05) is 37.7 Å². The SMILES string of the molecule is C=CCN(Cn1nnc2ccccc21)C(=O)C1N(CCCCCO)C(=O)[C@@H]2[C@H](C(=O)N(CC=C)c3ccc(OCC)cc3)[C@]3(CC)CCC12O3. The summed E-state index contributed by atoms with van der Waals surface area (Å²) in [7, 11) is 0. The van der Waals surface area contributed by atoms with E-state index < -0.39 is 29.1 Å². The molecule has 3 saturated heterocycles. The van der Waals surface area contributed by atoms with E-state index in [9.17, 15) is 19.5 Å². The highest BCUT2D eigenvalue weighted by molar-refractivity contribution is 6.03. The molecule has 50 heavy (non-hydrogen) atoms. The van der Waals surface area contributed by atoms with Crippen molar-refractivity contribution in [1.29, 1.82) is 0 Å². The molecule has 5 atom stereocenters. The Bertz CT molecular complexity index is 1730. The number of rotatable bonds is 17. The molecular formula is C38H48N6O6. The van der Waals surface area contributed by atoms with E-state index in [1.165, 1.54) is 0 Å². The maximum atomic E-state index is 15.0. The molecule has 0 radical (unpaired) electrons. The summed E-state index contributed by atoms with van der Waals surface area (Å²) in [5, 5.41) is 18.0. The Morgan fingerprint density at radius 3 is 2.50 bits per heavy atom. The van der Waals surface area contributed by atoms with Gasteiger partial charge >= 0.3 is 0 Å². The van der Waals surface area contributed by atoms with Crippen LogP contribution in [-0.2, 0) is 25.8 Å².